The lowest BCUT2D eigenvalue weighted by molar-refractivity contribution is -0.127. The van der Waals surface area contributed by atoms with E-state index in [4.69, 9.17) is 5.73 Å². The number of benzene rings is 2. The molecular weight excluding hydrogens is 474 g/mol. The van der Waals surface area contributed by atoms with Crippen molar-refractivity contribution in [2.45, 2.75) is 19.8 Å². The summed E-state index contributed by atoms with van der Waals surface area (Å²) in [4.78, 5) is 41.8. The fourth-order valence-electron chi connectivity index (χ4n) is 4.45. The standard InChI is InChI=1S/C27H25N5O3S/c1-18-16-20(26(28)34)4-9-23(18)32-22(8-11-25(33)31-14-15-36-27(31)35)7-10-24(32)19-2-5-21(6-3-19)30-13-12-29-17-30/h2-7,9-10,12-13,16-17H,8,11,14-15H2,1H3,(H2,28,34). The van der Waals surface area contributed by atoms with E-state index in [1.165, 1.54) is 16.7 Å². The van der Waals surface area contributed by atoms with Gasteiger partial charge in [-0.2, -0.15) is 0 Å². The molecule has 1 fully saturated rings. The van der Waals surface area contributed by atoms with E-state index in [0.717, 1.165) is 33.9 Å². The fourth-order valence-corrected chi connectivity index (χ4v) is 5.25. The summed E-state index contributed by atoms with van der Waals surface area (Å²) in [5.74, 6) is 0.00203. The number of aromatic nitrogens is 3. The van der Waals surface area contributed by atoms with Crippen LogP contribution in [0.15, 0.2) is 73.3 Å². The molecule has 0 spiro atoms. The number of nitrogens with two attached hydrogens (primary N) is 1. The van der Waals surface area contributed by atoms with E-state index in [1.54, 1.807) is 24.7 Å². The zero-order chi connectivity index (χ0) is 25.2. The Balaban J connectivity index is 1.51. The lowest BCUT2D eigenvalue weighted by Gasteiger charge is -2.18. The minimum Gasteiger partial charge on any atom is -0.366 e. The predicted octanol–water partition coefficient (Wildman–Crippen LogP) is 4.37. The molecule has 3 heterocycles. The molecule has 2 aromatic carbocycles. The molecule has 3 amide bonds. The molecule has 2 aromatic heterocycles. The first-order valence-corrected chi connectivity index (χ1v) is 12.6. The van der Waals surface area contributed by atoms with Gasteiger partial charge in [0.2, 0.25) is 11.8 Å². The summed E-state index contributed by atoms with van der Waals surface area (Å²) in [6, 6.07) is 17.6. The molecule has 9 heteroatoms. The van der Waals surface area contributed by atoms with Crippen LogP contribution in [-0.4, -0.2) is 48.4 Å². The van der Waals surface area contributed by atoms with Gasteiger partial charge in [-0.3, -0.25) is 19.3 Å². The average molecular weight is 500 g/mol. The molecular formula is C27H25N5O3S. The van der Waals surface area contributed by atoms with Gasteiger partial charge < -0.3 is 14.9 Å². The molecule has 4 aromatic rings. The van der Waals surface area contributed by atoms with Gasteiger partial charge in [-0.15, -0.1) is 0 Å². The maximum Gasteiger partial charge on any atom is 0.288 e. The van der Waals surface area contributed by atoms with Crippen LogP contribution in [0.1, 0.15) is 28.0 Å². The Morgan fingerprint density at radius 1 is 1.08 bits per heavy atom. The first-order valence-electron chi connectivity index (χ1n) is 11.6. The molecule has 5 rings (SSSR count). The Labute approximate surface area is 212 Å². The summed E-state index contributed by atoms with van der Waals surface area (Å²) in [5, 5.41) is -0.174. The number of hydrogen-bond acceptors (Lipinski definition) is 5. The highest BCUT2D eigenvalue weighted by atomic mass is 32.2. The van der Waals surface area contributed by atoms with Crippen molar-refractivity contribution in [2.75, 3.05) is 12.3 Å². The molecule has 2 N–H and O–H groups in total. The third-order valence-electron chi connectivity index (χ3n) is 6.31. The molecule has 36 heavy (non-hydrogen) atoms. The van der Waals surface area contributed by atoms with Gasteiger partial charge in [0.15, 0.2) is 0 Å². The summed E-state index contributed by atoms with van der Waals surface area (Å²) < 4.78 is 4.05. The Morgan fingerprint density at radius 2 is 1.89 bits per heavy atom. The first kappa shape index (κ1) is 23.6. The highest BCUT2D eigenvalue weighted by Crippen LogP contribution is 2.30. The predicted molar refractivity (Wildman–Crippen MR) is 139 cm³/mol. The molecule has 0 radical (unpaired) electrons. The zero-order valence-corrected chi connectivity index (χ0v) is 20.6. The summed E-state index contributed by atoms with van der Waals surface area (Å²) >= 11 is 1.18. The number of carbonyl (C=O) groups is 3. The minimum absolute atomic E-state index is 0.162. The molecule has 182 valence electrons. The van der Waals surface area contributed by atoms with Crippen LogP contribution in [0.3, 0.4) is 0 Å². The van der Waals surface area contributed by atoms with Crippen molar-refractivity contribution >= 4 is 28.8 Å². The van der Waals surface area contributed by atoms with Crippen LogP contribution in [0.4, 0.5) is 4.79 Å². The number of amides is 3. The zero-order valence-electron chi connectivity index (χ0n) is 19.8. The number of imide groups is 1. The number of hydrogen-bond donors (Lipinski definition) is 1. The van der Waals surface area contributed by atoms with Crippen LogP contribution < -0.4 is 5.73 Å². The lowest BCUT2D eigenvalue weighted by Crippen LogP contribution is -2.31. The fraction of sp³-hybridized carbons (Fsp3) is 0.185. The van der Waals surface area contributed by atoms with E-state index in [-0.39, 0.29) is 17.6 Å². The summed E-state index contributed by atoms with van der Waals surface area (Å²) in [6.07, 6.45) is 6.07. The van der Waals surface area contributed by atoms with Gasteiger partial charge in [-0.25, -0.2) is 4.98 Å². The highest BCUT2D eigenvalue weighted by molar-refractivity contribution is 8.13. The Hall–Kier alpha value is -4.11. The second-order valence-electron chi connectivity index (χ2n) is 8.59. The highest BCUT2D eigenvalue weighted by Gasteiger charge is 2.27. The van der Waals surface area contributed by atoms with Crippen molar-refractivity contribution in [2.24, 2.45) is 5.73 Å². The molecule has 0 saturated carbocycles. The number of rotatable bonds is 7. The maximum atomic E-state index is 12.7. The van der Waals surface area contributed by atoms with Gasteiger partial charge in [0.1, 0.15) is 0 Å². The van der Waals surface area contributed by atoms with E-state index >= 15 is 0 Å². The largest absolute Gasteiger partial charge is 0.366 e. The third-order valence-corrected chi connectivity index (χ3v) is 7.16. The number of nitrogens with zero attached hydrogens (tertiary/aromatic N) is 4. The molecule has 8 nitrogen and oxygen atoms in total. The second kappa shape index (κ2) is 9.87. The summed E-state index contributed by atoms with van der Waals surface area (Å²) in [7, 11) is 0. The number of thioether (sulfide) groups is 1. The van der Waals surface area contributed by atoms with E-state index in [9.17, 15) is 14.4 Å². The van der Waals surface area contributed by atoms with Crippen LogP contribution in [-0.2, 0) is 11.2 Å². The van der Waals surface area contributed by atoms with Crippen molar-refractivity contribution in [1.29, 1.82) is 0 Å². The van der Waals surface area contributed by atoms with E-state index in [0.29, 0.717) is 24.3 Å². The maximum absolute atomic E-state index is 12.7. The minimum atomic E-state index is -0.480. The Morgan fingerprint density at radius 3 is 2.53 bits per heavy atom. The van der Waals surface area contributed by atoms with Gasteiger partial charge in [0.05, 0.1) is 12.0 Å². The molecule has 0 aliphatic carbocycles. The first-order chi connectivity index (χ1) is 17.4. The monoisotopic (exact) mass is 499 g/mol. The quantitative estimate of drug-likeness (QED) is 0.407. The third kappa shape index (κ3) is 4.57. The van der Waals surface area contributed by atoms with Crippen molar-refractivity contribution < 1.29 is 14.4 Å². The molecule has 1 aliphatic rings. The lowest BCUT2D eigenvalue weighted by atomic mass is 10.1. The Kier molecular flexibility index (Phi) is 6.47. The average Bonchev–Trinajstić information content (AvgIpc) is 3.64. The molecule has 0 unspecified atom stereocenters. The molecule has 1 saturated heterocycles. The topological polar surface area (TPSA) is 103 Å². The van der Waals surface area contributed by atoms with Crippen molar-refractivity contribution in [1.82, 2.24) is 19.0 Å². The summed E-state index contributed by atoms with van der Waals surface area (Å²) in [5.41, 5.74) is 11.6. The van der Waals surface area contributed by atoms with Gasteiger partial charge in [-0.1, -0.05) is 23.9 Å². The van der Waals surface area contributed by atoms with E-state index in [1.807, 2.05) is 60.2 Å². The van der Waals surface area contributed by atoms with Gasteiger partial charge in [-0.05, 0) is 66.9 Å². The van der Waals surface area contributed by atoms with Crippen LogP contribution in [0.5, 0.6) is 0 Å². The van der Waals surface area contributed by atoms with Gasteiger partial charge >= 0.3 is 0 Å². The van der Waals surface area contributed by atoms with E-state index < -0.39 is 5.91 Å². The smallest absolute Gasteiger partial charge is 0.288 e. The number of imidazole rings is 1. The number of aryl methyl sites for hydroxylation is 2. The SMILES string of the molecule is Cc1cc(C(N)=O)ccc1-n1c(CCC(=O)N2CCSC2=O)ccc1-c1ccc(-n2ccnc2)cc1. The number of carbonyl (C=O) groups excluding carboxylic acids is 3. The van der Waals surface area contributed by atoms with E-state index in [2.05, 4.69) is 9.55 Å². The summed E-state index contributed by atoms with van der Waals surface area (Å²) in [6.45, 7) is 2.40. The van der Waals surface area contributed by atoms with Crippen molar-refractivity contribution in [3.05, 3.63) is 90.1 Å². The van der Waals surface area contributed by atoms with Crippen LogP contribution in [0.2, 0.25) is 0 Å². The Bertz CT molecular complexity index is 1440. The van der Waals surface area contributed by atoms with Gasteiger partial charge in [0.25, 0.3) is 5.24 Å². The van der Waals surface area contributed by atoms with Crippen LogP contribution in [0, 0.1) is 6.92 Å². The number of primary amides is 1. The second-order valence-corrected chi connectivity index (χ2v) is 9.63. The molecule has 1 aliphatic heterocycles. The van der Waals surface area contributed by atoms with Crippen molar-refractivity contribution in [3.63, 3.8) is 0 Å². The van der Waals surface area contributed by atoms with Gasteiger partial charge in [0, 0.05) is 53.7 Å². The molecule has 0 atom stereocenters. The normalized spacial score (nSPS) is 13.4. The molecule has 0 bridgehead atoms. The van der Waals surface area contributed by atoms with Crippen LogP contribution >= 0.6 is 11.8 Å². The van der Waals surface area contributed by atoms with Crippen LogP contribution in [0.25, 0.3) is 22.6 Å². The van der Waals surface area contributed by atoms with Crippen molar-refractivity contribution in [3.8, 4) is 22.6 Å².